The number of hydrogen-bond acceptors (Lipinski definition) is 6. The van der Waals surface area contributed by atoms with E-state index in [1.807, 2.05) is 6.07 Å². The van der Waals surface area contributed by atoms with E-state index in [2.05, 4.69) is 5.32 Å². The van der Waals surface area contributed by atoms with Gasteiger partial charge in [-0.2, -0.15) is 5.26 Å². The number of nitrogens with one attached hydrogen (secondary N) is 1. The highest BCUT2D eigenvalue weighted by molar-refractivity contribution is 5.97. The van der Waals surface area contributed by atoms with Gasteiger partial charge in [-0.15, -0.1) is 0 Å². The number of benzene rings is 1. The van der Waals surface area contributed by atoms with Crippen LogP contribution in [0.1, 0.15) is 31.1 Å². The highest BCUT2D eigenvalue weighted by Crippen LogP contribution is 2.22. The lowest BCUT2D eigenvalue weighted by molar-refractivity contribution is -0.149. The van der Waals surface area contributed by atoms with Crippen molar-refractivity contribution in [1.82, 2.24) is 5.32 Å². The van der Waals surface area contributed by atoms with Gasteiger partial charge in [0.1, 0.15) is 23.6 Å². The molecule has 24 heavy (non-hydrogen) atoms. The summed E-state index contributed by atoms with van der Waals surface area (Å²) in [5.41, 5.74) is 0.290. The zero-order valence-corrected chi connectivity index (χ0v) is 14.5. The van der Waals surface area contributed by atoms with E-state index in [1.165, 1.54) is 21.1 Å². The number of ether oxygens (including phenoxy) is 3. The van der Waals surface area contributed by atoms with Crippen molar-refractivity contribution in [3.05, 3.63) is 23.8 Å². The number of methoxy groups -OCH3 is 2. The quantitative estimate of drug-likeness (QED) is 0.765. The standard InChI is InChI=1S/C17H22N2O5/c1-10(2)15(17(21)24-11(3)9-18)19-16(20)12-6-13(22-4)8-14(7-12)23-5/h6-8,10-11,15H,1-5H3,(H,19,20)/t11-,15+/m1/s1. The van der Waals surface area contributed by atoms with E-state index >= 15 is 0 Å². The van der Waals surface area contributed by atoms with Gasteiger partial charge in [0.2, 0.25) is 0 Å². The first-order valence-electron chi connectivity index (χ1n) is 7.46. The van der Waals surface area contributed by atoms with Gasteiger partial charge < -0.3 is 19.5 Å². The molecule has 1 N–H and O–H groups in total. The highest BCUT2D eigenvalue weighted by Gasteiger charge is 2.27. The molecule has 1 rings (SSSR count). The molecule has 0 aliphatic rings. The molecule has 7 heteroatoms. The summed E-state index contributed by atoms with van der Waals surface area (Å²) in [4.78, 5) is 24.6. The second kappa shape index (κ2) is 8.77. The van der Waals surface area contributed by atoms with Gasteiger partial charge in [-0.25, -0.2) is 4.79 Å². The monoisotopic (exact) mass is 334 g/mol. The van der Waals surface area contributed by atoms with Crippen molar-refractivity contribution in [2.45, 2.75) is 32.9 Å². The van der Waals surface area contributed by atoms with Crippen molar-refractivity contribution in [3.8, 4) is 17.6 Å². The van der Waals surface area contributed by atoms with Crippen LogP contribution >= 0.6 is 0 Å². The number of hydrogen-bond donors (Lipinski definition) is 1. The van der Waals surface area contributed by atoms with E-state index in [0.29, 0.717) is 11.5 Å². The number of nitrogens with zero attached hydrogens (tertiary/aromatic N) is 1. The Morgan fingerprint density at radius 1 is 1.08 bits per heavy atom. The van der Waals surface area contributed by atoms with E-state index in [0.717, 1.165) is 0 Å². The van der Waals surface area contributed by atoms with Crippen LogP contribution in [0.25, 0.3) is 0 Å². The molecule has 0 aliphatic carbocycles. The number of carbonyl (C=O) groups is 2. The Morgan fingerprint density at radius 2 is 1.62 bits per heavy atom. The number of rotatable bonds is 7. The molecule has 0 spiro atoms. The van der Waals surface area contributed by atoms with Crippen molar-refractivity contribution in [2.75, 3.05) is 14.2 Å². The third-order valence-electron chi connectivity index (χ3n) is 3.30. The third-order valence-corrected chi connectivity index (χ3v) is 3.30. The van der Waals surface area contributed by atoms with Crippen LogP contribution in [-0.4, -0.2) is 38.2 Å². The molecule has 0 fully saturated rings. The second-order valence-corrected chi connectivity index (χ2v) is 5.50. The number of carbonyl (C=O) groups excluding carboxylic acids is 2. The maximum absolute atomic E-state index is 12.5. The van der Waals surface area contributed by atoms with Crippen LogP contribution in [0.3, 0.4) is 0 Å². The van der Waals surface area contributed by atoms with Crippen LogP contribution in [0.2, 0.25) is 0 Å². The van der Waals surface area contributed by atoms with Gasteiger partial charge in [0.05, 0.1) is 14.2 Å². The lowest BCUT2D eigenvalue weighted by atomic mass is 10.0. The fourth-order valence-electron chi connectivity index (χ4n) is 1.93. The van der Waals surface area contributed by atoms with Crippen LogP contribution in [0.15, 0.2) is 18.2 Å². The molecule has 1 aromatic carbocycles. The van der Waals surface area contributed by atoms with Gasteiger partial charge in [-0.05, 0) is 25.0 Å². The molecule has 7 nitrogen and oxygen atoms in total. The zero-order valence-electron chi connectivity index (χ0n) is 14.5. The number of amides is 1. The molecular formula is C17H22N2O5. The summed E-state index contributed by atoms with van der Waals surface area (Å²) in [5, 5.41) is 11.4. The Hall–Kier alpha value is -2.75. The molecule has 0 radical (unpaired) electrons. The average molecular weight is 334 g/mol. The molecule has 2 atom stereocenters. The second-order valence-electron chi connectivity index (χ2n) is 5.50. The van der Waals surface area contributed by atoms with Crippen LogP contribution in [-0.2, 0) is 9.53 Å². The van der Waals surface area contributed by atoms with Gasteiger partial charge in [0.25, 0.3) is 5.91 Å². The van der Waals surface area contributed by atoms with Gasteiger partial charge in [-0.1, -0.05) is 13.8 Å². The summed E-state index contributed by atoms with van der Waals surface area (Å²) in [6, 6.07) is 5.66. The first-order valence-corrected chi connectivity index (χ1v) is 7.46. The molecule has 0 bridgehead atoms. The minimum absolute atomic E-state index is 0.208. The maximum Gasteiger partial charge on any atom is 0.330 e. The summed E-state index contributed by atoms with van der Waals surface area (Å²) in [5.74, 6) is -0.405. The Bertz CT molecular complexity index is 614. The molecular weight excluding hydrogens is 312 g/mol. The number of esters is 1. The third kappa shape index (κ3) is 5.16. The van der Waals surface area contributed by atoms with Crippen LogP contribution in [0.5, 0.6) is 11.5 Å². The fraction of sp³-hybridized carbons (Fsp3) is 0.471. The van der Waals surface area contributed by atoms with E-state index in [-0.39, 0.29) is 11.5 Å². The number of nitriles is 1. The Balaban J connectivity index is 2.97. The van der Waals surface area contributed by atoms with Crippen LogP contribution < -0.4 is 14.8 Å². The fourth-order valence-corrected chi connectivity index (χ4v) is 1.93. The minimum Gasteiger partial charge on any atom is -0.497 e. The first-order chi connectivity index (χ1) is 11.3. The summed E-state index contributed by atoms with van der Waals surface area (Å²) in [6.07, 6.45) is -0.882. The highest BCUT2D eigenvalue weighted by atomic mass is 16.5. The summed E-state index contributed by atoms with van der Waals surface area (Å²) < 4.78 is 15.2. The average Bonchev–Trinajstić information content (AvgIpc) is 2.57. The molecule has 0 aliphatic heterocycles. The molecule has 1 aromatic rings. The molecule has 1 amide bonds. The van der Waals surface area contributed by atoms with Gasteiger partial charge in [-0.3, -0.25) is 4.79 Å². The van der Waals surface area contributed by atoms with Gasteiger partial charge in [0, 0.05) is 11.6 Å². The summed E-state index contributed by atoms with van der Waals surface area (Å²) in [6.45, 7) is 5.01. The van der Waals surface area contributed by atoms with E-state index < -0.39 is 24.0 Å². The van der Waals surface area contributed by atoms with Crippen molar-refractivity contribution >= 4 is 11.9 Å². The van der Waals surface area contributed by atoms with Crippen LogP contribution in [0, 0.1) is 17.2 Å². The summed E-state index contributed by atoms with van der Waals surface area (Å²) >= 11 is 0. The Labute approximate surface area is 141 Å². The predicted octanol–water partition coefficient (Wildman–Crippen LogP) is 1.91. The molecule has 0 aromatic heterocycles. The zero-order chi connectivity index (χ0) is 18.3. The Morgan fingerprint density at radius 3 is 2.04 bits per heavy atom. The molecule has 0 heterocycles. The van der Waals surface area contributed by atoms with E-state index in [4.69, 9.17) is 19.5 Å². The molecule has 0 saturated carbocycles. The van der Waals surface area contributed by atoms with Crippen molar-refractivity contribution in [1.29, 1.82) is 5.26 Å². The van der Waals surface area contributed by atoms with E-state index in [9.17, 15) is 9.59 Å². The molecule has 0 saturated heterocycles. The largest absolute Gasteiger partial charge is 0.497 e. The lowest BCUT2D eigenvalue weighted by Gasteiger charge is -2.21. The van der Waals surface area contributed by atoms with Crippen LogP contribution in [0.4, 0.5) is 0 Å². The first kappa shape index (κ1) is 19.3. The topological polar surface area (TPSA) is 97.7 Å². The Kier molecular flexibility index (Phi) is 7.05. The lowest BCUT2D eigenvalue weighted by Crippen LogP contribution is -2.46. The van der Waals surface area contributed by atoms with Crippen molar-refractivity contribution in [3.63, 3.8) is 0 Å². The van der Waals surface area contributed by atoms with Gasteiger partial charge >= 0.3 is 5.97 Å². The maximum atomic E-state index is 12.5. The minimum atomic E-state index is -0.882. The normalized spacial score (nSPS) is 12.7. The predicted molar refractivity (Wildman–Crippen MR) is 86.8 cm³/mol. The van der Waals surface area contributed by atoms with E-state index in [1.54, 1.807) is 32.0 Å². The smallest absolute Gasteiger partial charge is 0.330 e. The van der Waals surface area contributed by atoms with Crippen molar-refractivity contribution < 1.29 is 23.8 Å². The molecule has 130 valence electrons. The van der Waals surface area contributed by atoms with Crippen molar-refractivity contribution in [2.24, 2.45) is 5.92 Å². The molecule has 0 unspecified atom stereocenters. The SMILES string of the molecule is COc1cc(OC)cc(C(=O)N[C@H](C(=O)O[C@H](C)C#N)C(C)C)c1. The van der Waals surface area contributed by atoms with Gasteiger partial charge in [0.15, 0.2) is 6.10 Å². The summed E-state index contributed by atoms with van der Waals surface area (Å²) in [7, 11) is 2.96.